The molecule has 0 bridgehead atoms. The highest BCUT2D eigenvalue weighted by molar-refractivity contribution is 7.44. The molecule has 1 atom stereocenters. The lowest BCUT2D eigenvalue weighted by molar-refractivity contribution is -0.132. The Bertz CT molecular complexity index is 240. The summed E-state index contributed by atoms with van der Waals surface area (Å²) in [5.41, 5.74) is -0.429. The van der Waals surface area contributed by atoms with E-state index in [0.29, 0.717) is 0 Å². The Morgan fingerprint density at radius 3 is 2.42 bits per heavy atom. The van der Waals surface area contributed by atoms with Crippen LogP contribution in [-0.2, 0) is 14.2 Å². The molecule has 5 nitrogen and oxygen atoms in total. The Hall–Kier alpha value is -0.890. The number of aliphatic hydroxyl groups is 1. The van der Waals surface area contributed by atoms with Gasteiger partial charge in [-0.15, -0.1) is 0 Å². The van der Waals surface area contributed by atoms with Crippen molar-refractivity contribution in [2.45, 2.75) is 6.42 Å². The smallest absolute Gasteiger partial charge is 0.342 e. The fourth-order valence-electron chi connectivity index (χ4n) is 0.545. The van der Waals surface area contributed by atoms with Gasteiger partial charge < -0.3 is 14.8 Å². The van der Waals surface area contributed by atoms with Crippen molar-refractivity contribution in [3.63, 3.8) is 0 Å². The molecule has 0 aliphatic carbocycles. The molecule has 0 amide bonds. The van der Waals surface area contributed by atoms with Crippen LogP contribution in [0.25, 0.3) is 0 Å². The van der Waals surface area contributed by atoms with Crippen LogP contribution in [-0.4, -0.2) is 34.6 Å². The zero-order valence-corrected chi connectivity index (χ0v) is 7.24. The number of hydrogen-bond acceptors (Lipinski definition) is 4. The SMILES string of the molecule is O=C=C(CC[PH](=O)CO)C(=O)O. The second kappa shape index (κ2) is 5.72. The van der Waals surface area contributed by atoms with Crippen molar-refractivity contribution in [3.8, 4) is 0 Å². The second-order valence-electron chi connectivity index (χ2n) is 2.08. The molecule has 0 heterocycles. The van der Waals surface area contributed by atoms with Gasteiger partial charge >= 0.3 is 5.97 Å². The summed E-state index contributed by atoms with van der Waals surface area (Å²) >= 11 is 0. The third kappa shape index (κ3) is 4.09. The van der Waals surface area contributed by atoms with Crippen molar-refractivity contribution < 1.29 is 24.4 Å². The number of rotatable bonds is 5. The summed E-state index contributed by atoms with van der Waals surface area (Å²) in [7, 11) is -2.12. The topological polar surface area (TPSA) is 91.7 Å². The standard InChI is InChI=1S/C6H9O5P/c7-3-5(6(9)10)1-2-12(11)4-8/h8,12H,1-2,4H2,(H,9,10). The molecule has 2 N–H and O–H groups in total. The van der Waals surface area contributed by atoms with Crippen LogP contribution in [0, 0.1) is 0 Å². The van der Waals surface area contributed by atoms with E-state index in [4.69, 9.17) is 10.2 Å². The molecular weight excluding hydrogens is 183 g/mol. The summed E-state index contributed by atoms with van der Waals surface area (Å²) < 4.78 is 10.7. The van der Waals surface area contributed by atoms with Crippen LogP contribution >= 0.6 is 7.80 Å². The Morgan fingerprint density at radius 2 is 2.08 bits per heavy atom. The quantitative estimate of drug-likeness (QED) is 0.355. The van der Waals surface area contributed by atoms with Crippen molar-refractivity contribution in [2.24, 2.45) is 0 Å². The lowest BCUT2D eigenvalue weighted by atomic mass is 10.2. The van der Waals surface area contributed by atoms with Gasteiger partial charge in [0.15, 0.2) is 0 Å². The van der Waals surface area contributed by atoms with E-state index in [-0.39, 0.29) is 12.6 Å². The molecule has 0 aromatic carbocycles. The van der Waals surface area contributed by atoms with Crippen LogP contribution < -0.4 is 0 Å². The number of carboxylic acid groups (broad SMARTS) is 1. The number of carbonyl (C=O) groups is 1. The predicted octanol–water partition coefficient (Wildman–Crippen LogP) is -0.271. The number of aliphatic hydroxyl groups excluding tert-OH is 1. The van der Waals surface area contributed by atoms with Crippen LogP contribution in [0.15, 0.2) is 5.57 Å². The molecule has 0 saturated heterocycles. The van der Waals surface area contributed by atoms with Crippen LogP contribution in [0.1, 0.15) is 6.42 Å². The van der Waals surface area contributed by atoms with Gasteiger partial charge in [-0.25, -0.2) is 9.59 Å². The molecule has 0 aromatic rings. The predicted molar refractivity (Wildman–Crippen MR) is 42.4 cm³/mol. The highest BCUT2D eigenvalue weighted by atomic mass is 31.1. The number of hydrogen-bond donors (Lipinski definition) is 2. The molecule has 0 radical (unpaired) electrons. The van der Waals surface area contributed by atoms with Crippen LogP contribution in [0.5, 0.6) is 0 Å². The monoisotopic (exact) mass is 192 g/mol. The number of carboxylic acids is 1. The van der Waals surface area contributed by atoms with Gasteiger partial charge in [0.1, 0.15) is 19.3 Å². The first-order valence-corrected chi connectivity index (χ1v) is 5.04. The molecule has 68 valence electrons. The highest BCUT2D eigenvalue weighted by Gasteiger charge is 2.09. The fourth-order valence-corrected chi connectivity index (χ4v) is 1.23. The number of aliphatic carboxylic acids is 1. The molecule has 12 heavy (non-hydrogen) atoms. The Morgan fingerprint density at radius 1 is 1.50 bits per heavy atom. The van der Waals surface area contributed by atoms with Crippen molar-refractivity contribution in [1.29, 1.82) is 0 Å². The average Bonchev–Trinajstić information content (AvgIpc) is 2.04. The maximum atomic E-state index is 10.7. The molecule has 0 aliphatic heterocycles. The van der Waals surface area contributed by atoms with Crippen molar-refractivity contribution >= 4 is 19.7 Å². The highest BCUT2D eigenvalue weighted by Crippen LogP contribution is 2.20. The van der Waals surface area contributed by atoms with E-state index in [9.17, 15) is 14.2 Å². The lowest BCUT2D eigenvalue weighted by Crippen LogP contribution is -2.02. The van der Waals surface area contributed by atoms with Gasteiger partial charge in [-0.05, 0) is 6.42 Å². The van der Waals surface area contributed by atoms with E-state index in [1.165, 1.54) is 5.94 Å². The van der Waals surface area contributed by atoms with Gasteiger partial charge in [0.05, 0.1) is 6.35 Å². The van der Waals surface area contributed by atoms with E-state index in [1.54, 1.807) is 0 Å². The van der Waals surface area contributed by atoms with Gasteiger partial charge in [0.25, 0.3) is 0 Å². The van der Waals surface area contributed by atoms with E-state index in [1.807, 2.05) is 0 Å². The molecular formula is C6H9O5P. The minimum Gasteiger partial charge on any atom is -0.477 e. The summed E-state index contributed by atoms with van der Waals surface area (Å²) in [6, 6.07) is 0. The Labute approximate surface area is 69.5 Å². The first-order valence-electron chi connectivity index (χ1n) is 3.21. The van der Waals surface area contributed by atoms with Crippen LogP contribution in [0.2, 0.25) is 0 Å². The van der Waals surface area contributed by atoms with Gasteiger partial charge in [0.2, 0.25) is 0 Å². The molecule has 0 aliphatic rings. The summed E-state index contributed by atoms with van der Waals surface area (Å²) in [5.74, 6) is -0.105. The Kier molecular flexibility index (Phi) is 5.30. The summed E-state index contributed by atoms with van der Waals surface area (Å²) in [5, 5.41) is 16.6. The summed E-state index contributed by atoms with van der Waals surface area (Å²) in [6.45, 7) is 0. The molecule has 0 aromatic heterocycles. The van der Waals surface area contributed by atoms with Gasteiger partial charge in [-0.3, -0.25) is 0 Å². The van der Waals surface area contributed by atoms with Crippen molar-refractivity contribution in [1.82, 2.24) is 0 Å². The molecule has 0 fully saturated rings. The zero-order chi connectivity index (χ0) is 9.56. The summed E-state index contributed by atoms with van der Waals surface area (Å²) in [6.07, 6.45) is -0.508. The van der Waals surface area contributed by atoms with E-state index < -0.39 is 25.7 Å². The summed E-state index contributed by atoms with van der Waals surface area (Å²) in [4.78, 5) is 20.1. The van der Waals surface area contributed by atoms with E-state index >= 15 is 0 Å². The average molecular weight is 192 g/mol. The third-order valence-electron chi connectivity index (χ3n) is 1.21. The molecule has 0 saturated carbocycles. The fraction of sp³-hybridized carbons (Fsp3) is 0.500. The van der Waals surface area contributed by atoms with E-state index in [2.05, 4.69) is 0 Å². The maximum absolute atomic E-state index is 10.7. The molecule has 0 rings (SSSR count). The van der Waals surface area contributed by atoms with Gasteiger partial charge in [0, 0.05) is 6.16 Å². The molecule has 0 spiro atoms. The maximum Gasteiger partial charge on any atom is 0.342 e. The number of carbonyl (C=O) groups excluding carboxylic acids is 1. The van der Waals surface area contributed by atoms with E-state index in [0.717, 1.165) is 0 Å². The largest absolute Gasteiger partial charge is 0.477 e. The van der Waals surface area contributed by atoms with Crippen LogP contribution in [0.3, 0.4) is 0 Å². The van der Waals surface area contributed by atoms with Crippen LogP contribution in [0.4, 0.5) is 0 Å². The normalized spacial score (nSPS) is 11.8. The first kappa shape index (κ1) is 11.1. The van der Waals surface area contributed by atoms with Crippen molar-refractivity contribution in [2.75, 3.05) is 12.5 Å². The lowest BCUT2D eigenvalue weighted by Gasteiger charge is -1.95. The second-order valence-corrected chi connectivity index (χ2v) is 3.98. The minimum absolute atomic E-state index is 0.0397. The molecule has 6 heteroatoms. The zero-order valence-electron chi connectivity index (χ0n) is 6.24. The molecule has 1 unspecified atom stereocenters. The Balaban J connectivity index is 4.00. The first-order chi connectivity index (χ1) is 5.61. The third-order valence-corrected chi connectivity index (χ3v) is 2.37. The van der Waals surface area contributed by atoms with Gasteiger partial charge in [-0.1, -0.05) is 0 Å². The van der Waals surface area contributed by atoms with Crippen molar-refractivity contribution in [3.05, 3.63) is 5.57 Å². The van der Waals surface area contributed by atoms with Gasteiger partial charge in [-0.2, -0.15) is 0 Å². The minimum atomic E-state index is -2.12.